The second kappa shape index (κ2) is 6.76. The Hall–Kier alpha value is -3.16. The van der Waals surface area contributed by atoms with Crippen LogP contribution in [0.5, 0.6) is 0 Å². The van der Waals surface area contributed by atoms with Gasteiger partial charge in [-0.15, -0.1) is 0 Å². The predicted molar refractivity (Wildman–Crippen MR) is 91.6 cm³/mol. The normalized spacial score (nSPS) is 11.0. The number of nitrogens with one attached hydrogen (secondary N) is 1. The van der Waals surface area contributed by atoms with Crippen molar-refractivity contribution in [2.24, 2.45) is 0 Å². The minimum atomic E-state index is -0.500. The Labute approximate surface area is 143 Å². The van der Waals surface area contributed by atoms with Gasteiger partial charge in [0.1, 0.15) is 12.1 Å². The fourth-order valence-corrected chi connectivity index (χ4v) is 2.75. The molecule has 25 heavy (non-hydrogen) atoms. The van der Waals surface area contributed by atoms with Crippen LogP contribution in [0, 0.1) is 0 Å². The van der Waals surface area contributed by atoms with E-state index in [9.17, 15) is 14.4 Å². The third kappa shape index (κ3) is 2.98. The molecule has 130 valence electrons. The van der Waals surface area contributed by atoms with Crippen molar-refractivity contribution >= 4 is 28.4 Å². The van der Waals surface area contributed by atoms with Gasteiger partial charge >= 0.3 is 5.97 Å². The molecule has 2 heterocycles. The summed E-state index contributed by atoms with van der Waals surface area (Å²) in [6.07, 6.45) is 1.57. The second-order valence-corrected chi connectivity index (χ2v) is 5.37. The van der Waals surface area contributed by atoms with E-state index in [0.717, 1.165) is 5.52 Å². The van der Waals surface area contributed by atoms with Crippen LogP contribution in [0.4, 0.5) is 0 Å². The van der Waals surface area contributed by atoms with Crippen LogP contribution in [-0.2, 0) is 16.1 Å². The fraction of sp³-hybridized carbons (Fsp3) is 0.294. The average Bonchev–Trinajstić information content (AvgIpc) is 3.10. The van der Waals surface area contributed by atoms with E-state index in [1.165, 1.54) is 0 Å². The first-order valence-electron chi connectivity index (χ1n) is 8.01. The Morgan fingerprint density at radius 2 is 1.96 bits per heavy atom. The lowest BCUT2D eigenvalue weighted by atomic mass is 10.1. The number of ether oxygens (including phenoxy) is 1. The molecular formula is C17H18N4O4. The first-order valence-corrected chi connectivity index (χ1v) is 8.01. The first kappa shape index (κ1) is 16.7. The number of esters is 1. The molecule has 3 rings (SSSR count). The van der Waals surface area contributed by atoms with Gasteiger partial charge in [-0.05, 0) is 38.1 Å². The van der Waals surface area contributed by atoms with Crippen LogP contribution in [0.15, 0.2) is 35.3 Å². The van der Waals surface area contributed by atoms with Gasteiger partial charge in [-0.2, -0.15) is 5.10 Å². The standard InChI is InChI=1S/C17H18N4O4/c1-3-20-14-9-11(16(23)18-10-15(22)25-4-2)5-6-12(14)21-13(17(20)24)7-8-19-21/h5-9H,3-4,10H2,1-2H3,(H,18,23). The molecule has 0 atom stereocenters. The maximum atomic E-state index is 12.5. The maximum Gasteiger partial charge on any atom is 0.325 e. The zero-order valence-corrected chi connectivity index (χ0v) is 14.0. The van der Waals surface area contributed by atoms with Crippen LogP contribution in [-0.4, -0.2) is 39.2 Å². The highest BCUT2D eigenvalue weighted by Gasteiger charge is 2.14. The summed E-state index contributed by atoms with van der Waals surface area (Å²) in [5, 5.41) is 6.69. The topological polar surface area (TPSA) is 94.7 Å². The highest BCUT2D eigenvalue weighted by Crippen LogP contribution is 2.16. The van der Waals surface area contributed by atoms with Crippen molar-refractivity contribution in [3.05, 3.63) is 46.4 Å². The van der Waals surface area contributed by atoms with Crippen molar-refractivity contribution in [1.29, 1.82) is 0 Å². The van der Waals surface area contributed by atoms with E-state index in [4.69, 9.17) is 4.74 Å². The minimum absolute atomic E-state index is 0.170. The molecular weight excluding hydrogens is 324 g/mol. The molecule has 0 aliphatic heterocycles. The van der Waals surface area contributed by atoms with Crippen LogP contribution in [0.3, 0.4) is 0 Å². The summed E-state index contributed by atoms with van der Waals surface area (Å²) in [5.41, 5.74) is 1.99. The SMILES string of the molecule is CCOC(=O)CNC(=O)c1ccc2c(c1)n(CC)c(=O)c1ccnn12. The molecule has 8 heteroatoms. The zero-order chi connectivity index (χ0) is 18.0. The number of carbonyl (C=O) groups is 2. The Morgan fingerprint density at radius 1 is 1.16 bits per heavy atom. The van der Waals surface area contributed by atoms with Crippen LogP contribution in [0.1, 0.15) is 24.2 Å². The number of rotatable bonds is 5. The number of benzene rings is 1. The Kier molecular flexibility index (Phi) is 4.51. The summed E-state index contributed by atoms with van der Waals surface area (Å²) in [4.78, 5) is 36.2. The largest absolute Gasteiger partial charge is 0.465 e. The van der Waals surface area contributed by atoms with Crippen LogP contribution < -0.4 is 10.9 Å². The van der Waals surface area contributed by atoms with E-state index in [1.807, 2.05) is 6.92 Å². The molecule has 0 spiro atoms. The van der Waals surface area contributed by atoms with Gasteiger partial charge in [0, 0.05) is 12.1 Å². The Bertz CT molecular complexity index is 1020. The molecule has 1 N–H and O–H groups in total. The third-order valence-corrected chi connectivity index (χ3v) is 3.88. The third-order valence-electron chi connectivity index (χ3n) is 3.88. The quantitative estimate of drug-likeness (QED) is 0.697. The average molecular weight is 342 g/mol. The number of hydrogen-bond acceptors (Lipinski definition) is 5. The summed E-state index contributed by atoms with van der Waals surface area (Å²) < 4.78 is 7.93. The second-order valence-electron chi connectivity index (χ2n) is 5.37. The number of aryl methyl sites for hydroxylation is 1. The van der Waals surface area contributed by atoms with Gasteiger partial charge in [-0.25, -0.2) is 4.52 Å². The molecule has 0 unspecified atom stereocenters. The lowest BCUT2D eigenvalue weighted by Gasteiger charge is -2.11. The number of fused-ring (bicyclic) bond motifs is 3. The lowest BCUT2D eigenvalue weighted by Crippen LogP contribution is -2.30. The van der Waals surface area contributed by atoms with Gasteiger partial charge in [0.05, 0.1) is 23.8 Å². The zero-order valence-electron chi connectivity index (χ0n) is 14.0. The van der Waals surface area contributed by atoms with Crippen molar-refractivity contribution in [2.75, 3.05) is 13.2 Å². The van der Waals surface area contributed by atoms with E-state index in [0.29, 0.717) is 23.1 Å². The molecule has 2 aromatic heterocycles. The predicted octanol–water partition coefficient (Wildman–Crippen LogP) is 0.962. The molecule has 0 fully saturated rings. The Morgan fingerprint density at radius 3 is 2.68 bits per heavy atom. The molecule has 1 amide bonds. The molecule has 0 aliphatic rings. The van der Waals surface area contributed by atoms with Crippen molar-refractivity contribution < 1.29 is 14.3 Å². The van der Waals surface area contributed by atoms with Gasteiger partial charge < -0.3 is 14.6 Å². The molecule has 0 bridgehead atoms. The summed E-state index contributed by atoms with van der Waals surface area (Å²) in [6, 6.07) is 6.66. The van der Waals surface area contributed by atoms with Crippen molar-refractivity contribution in [2.45, 2.75) is 20.4 Å². The van der Waals surface area contributed by atoms with Gasteiger partial charge in [0.2, 0.25) is 0 Å². The summed E-state index contributed by atoms with van der Waals surface area (Å²) in [6.45, 7) is 4.08. The van der Waals surface area contributed by atoms with E-state index >= 15 is 0 Å². The molecule has 0 aliphatic carbocycles. The number of amides is 1. The molecule has 0 saturated heterocycles. The van der Waals surface area contributed by atoms with E-state index in [2.05, 4.69) is 10.4 Å². The molecule has 8 nitrogen and oxygen atoms in total. The highest BCUT2D eigenvalue weighted by atomic mass is 16.5. The highest BCUT2D eigenvalue weighted by molar-refractivity contribution is 5.98. The monoisotopic (exact) mass is 342 g/mol. The molecule has 0 saturated carbocycles. The number of aromatic nitrogens is 3. The van der Waals surface area contributed by atoms with E-state index in [1.54, 1.807) is 46.5 Å². The number of nitrogens with zero attached hydrogens (tertiary/aromatic N) is 3. The molecule has 0 radical (unpaired) electrons. The van der Waals surface area contributed by atoms with Gasteiger partial charge in [0.25, 0.3) is 11.5 Å². The summed E-state index contributed by atoms with van der Waals surface area (Å²) in [7, 11) is 0. The van der Waals surface area contributed by atoms with Crippen molar-refractivity contribution in [3.63, 3.8) is 0 Å². The first-order chi connectivity index (χ1) is 12.1. The van der Waals surface area contributed by atoms with E-state index in [-0.39, 0.29) is 18.7 Å². The van der Waals surface area contributed by atoms with Crippen LogP contribution in [0.2, 0.25) is 0 Å². The van der Waals surface area contributed by atoms with Crippen molar-refractivity contribution in [1.82, 2.24) is 19.5 Å². The van der Waals surface area contributed by atoms with Crippen LogP contribution in [0.25, 0.3) is 16.6 Å². The Balaban J connectivity index is 2.02. The fourth-order valence-electron chi connectivity index (χ4n) is 2.75. The summed E-state index contributed by atoms with van der Waals surface area (Å²) in [5.74, 6) is -0.911. The van der Waals surface area contributed by atoms with E-state index < -0.39 is 11.9 Å². The molecule has 3 aromatic rings. The lowest BCUT2D eigenvalue weighted by molar-refractivity contribution is -0.141. The van der Waals surface area contributed by atoms with Gasteiger partial charge in [-0.1, -0.05) is 0 Å². The van der Waals surface area contributed by atoms with Crippen molar-refractivity contribution in [3.8, 4) is 0 Å². The maximum absolute atomic E-state index is 12.5. The van der Waals surface area contributed by atoms with Crippen LogP contribution >= 0.6 is 0 Å². The summed E-state index contributed by atoms with van der Waals surface area (Å²) >= 11 is 0. The number of carbonyl (C=O) groups excluding carboxylic acids is 2. The minimum Gasteiger partial charge on any atom is -0.465 e. The van der Waals surface area contributed by atoms with Gasteiger partial charge in [0.15, 0.2) is 0 Å². The smallest absolute Gasteiger partial charge is 0.325 e. The number of hydrogen-bond donors (Lipinski definition) is 1. The van der Waals surface area contributed by atoms with Gasteiger partial charge in [-0.3, -0.25) is 14.4 Å². The molecule has 1 aromatic carbocycles.